The maximum absolute atomic E-state index is 12.3. The van der Waals surface area contributed by atoms with Crippen LogP contribution in [-0.4, -0.2) is 18.7 Å². The summed E-state index contributed by atoms with van der Waals surface area (Å²) in [6.07, 6.45) is 1.70. The van der Waals surface area contributed by atoms with Crippen molar-refractivity contribution in [3.05, 3.63) is 88.4 Å². The Morgan fingerprint density at radius 1 is 1.00 bits per heavy atom. The van der Waals surface area contributed by atoms with Crippen molar-refractivity contribution in [3.8, 4) is 5.75 Å². The highest BCUT2D eigenvalue weighted by Gasteiger charge is 2.09. The third-order valence-electron chi connectivity index (χ3n) is 5.18. The summed E-state index contributed by atoms with van der Waals surface area (Å²) in [4.78, 5) is 12.3. The normalized spacial score (nSPS) is 11.5. The number of benzene rings is 4. The number of carbonyl (C=O) groups is 1. The molecule has 0 radical (unpaired) electrons. The Bertz CT molecular complexity index is 1230. The minimum absolute atomic E-state index is 0.118. The molecule has 31 heavy (non-hydrogen) atoms. The number of fused-ring (bicyclic) bond motifs is 2. The number of hydrogen-bond donors (Lipinski definition) is 1. The number of halogens is 1. The number of rotatable bonds is 6. The zero-order valence-electron chi connectivity index (χ0n) is 17.4. The maximum Gasteiger partial charge on any atom is 0.277 e. The Morgan fingerprint density at radius 3 is 2.26 bits per heavy atom. The second kappa shape index (κ2) is 9.31. The summed E-state index contributed by atoms with van der Waals surface area (Å²) in [7, 11) is 0. The highest BCUT2D eigenvalue weighted by Crippen LogP contribution is 2.29. The van der Waals surface area contributed by atoms with Crippen LogP contribution in [0.5, 0.6) is 5.75 Å². The smallest absolute Gasteiger partial charge is 0.277 e. The number of ether oxygens (including phenoxy) is 1. The number of nitrogens with zero attached hydrogens (tertiary/aromatic N) is 1. The van der Waals surface area contributed by atoms with Crippen LogP contribution in [0, 0.1) is 0 Å². The minimum atomic E-state index is -0.319. The zero-order valence-corrected chi connectivity index (χ0v) is 19.0. The van der Waals surface area contributed by atoms with Gasteiger partial charge in [-0.25, -0.2) is 5.43 Å². The fourth-order valence-electron chi connectivity index (χ4n) is 3.53. The molecule has 1 N–H and O–H groups in total. The van der Waals surface area contributed by atoms with Crippen LogP contribution >= 0.6 is 15.9 Å². The van der Waals surface area contributed by atoms with Gasteiger partial charge in [-0.2, -0.15) is 5.10 Å². The van der Waals surface area contributed by atoms with Crippen molar-refractivity contribution in [1.82, 2.24) is 5.43 Å². The molecule has 0 aliphatic heterocycles. The Kier molecular flexibility index (Phi) is 6.33. The van der Waals surface area contributed by atoms with E-state index in [1.54, 1.807) is 6.21 Å². The van der Waals surface area contributed by atoms with Crippen LogP contribution in [0.4, 0.5) is 0 Å². The lowest BCUT2D eigenvalue weighted by molar-refractivity contribution is -0.123. The lowest BCUT2D eigenvalue weighted by Gasteiger charge is -2.11. The van der Waals surface area contributed by atoms with Gasteiger partial charge in [0.25, 0.3) is 5.91 Å². The van der Waals surface area contributed by atoms with E-state index in [0.717, 1.165) is 31.6 Å². The number of carbonyl (C=O) groups excluding carboxylic acids is 1. The maximum atomic E-state index is 12.3. The van der Waals surface area contributed by atoms with Gasteiger partial charge >= 0.3 is 0 Å². The third kappa shape index (κ3) is 4.78. The first-order valence-corrected chi connectivity index (χ1v) is 11.0. The molecule has 0 atom stereocenters. The molecular weight excluding hydrogens is 452 g/mol. The number of amides is 1. The second-order valence-corrected chi connectivity index (χ2v) is 8.51. The lowest BCUT2D eigenvalue weighted by atomic mass is 9.97. The van der Waals surface area contributed by atoms with Crippen molar-refractivity contribution in [2.75, 3.05) is 6.61 Å². The van der Waals surface area contributed by atoms with Crippen LogP contribution in [0.1, 0.15) is 30.9 Å². The molecule has 0 bridgehead atoms. The van der Waals surface area contributed by atoms with E-state index >= 15 is 0 Å². The molecule has 0 aliphatic carbocycles. The summed E-state index contributed by atoms with van der Waals surface area (Å²) in [6.45, 7) is 4.15. The lowest BCUT2D eigenvalue weighted by Crippen LogP contribution is -2.24. The van der Waals surface area contributed by atoms with Crippen molar-refractivity contribution in [2.45, 2.75) is 19.8 Å². The molecule has 4 aromatic rings. The van der Waals surface area contributed by atoms with Gasteiger partial charge in [0, 0.05) is 5.56 Å². The van der Waals surface area contributed by atoms with Gasteiger partial charge in [-0.1, -0.05) is 68.4 Å². The van der Waals surface area contributed by atoms with Crippen molar-refractivity contribution in [3.63, 3.8) is 0 Å². The van der Waals surface area contributed by atoms with Gasteiger partial charge in [0.1, 0.15) is 5.75 Å². The van der Waals surface area contributed by atoms with Crippen LogP contribution in [0.25, 0.3) is 21.5 Å². The van der Waals surface area contributed by atoms with Gasteiger partial charge in [0.05, 0.1) is 10.7 Å². The quantitative estimate of drug-likeness (QED) is 0.199. The molecule has 4 aromatic carbocycles. The van der Waals surface area contributed by atoms with Gasteiger partial charge < -0.3 is 4.74 Å². The van der Waals surface area contributed by atoms with Crippen molar-refractivity contribution in [1.29, 1.82) is 0 Å². The summed E-state index contributed by atoms with van der Waals surface area (Å²) in [6, 6.07) is 24.4. The van der Waals surface area contributed by atoms with Crippen LogP contribution in [0.3, 0.4) is 0 Å². The van der Waals surface area contributed by atoms with Gasteiger partial charge in [-0.15, -0.1) is 0 Å². The highest BCUT2D eigenvalue weighted by molar-refractivity contribution is 9.10. The Labute approximate surface area is 190 Å². The Morgan fingerprint density at radius 2 is 1.65 bits per heavy atom. The van der Waals surface area contributed by atoms with Crippen molar-refractivity contribution < 1.29 is 9.53 Å². The summed E-state index contributed by atoms with van der Waals surface area (Å²) in [5, 5.41) is 8.64. The molecule has 156 valence electrons. The number of hydrogen-bond acceptors (Lipinski definition) is 3. The summed E-state index contributed by atoms with van der Waals surface area (Å²) in [5.74, 6) is 0.734. The van der Waals surface area contributed by atoms with E-state index in [-0.39, 0.29) is 12.5 Å². The molecule has 4 rings (SSSR count). The molecule has 0 spiro atoms. The molecule has 0 fully saturated rings. The van der Waals surface area contributed by atoms with Crippen LogP contribution < -0.4 is 10.2 Å². The van der Waals surface area contributed by atoms with E-state index in [0.29, 0.717) is 11.7 Å². The second-order valence-electron chi connectivity index (χ2n) is 7.66. The number of nitrogens with one attached hydrogen (secondary N) is 1. The largest absolute Gasteiger partial charge is 0.483 e. The Balaban J connectivity index is 1.47. The molecular formula is C26H23BrN2O2. The van der Waals surface area contributed by atoms with Gasteiger partial charge in [0.2, 0.25) is 0 Å². The molecule has 0 saturated heterocycles. The summed E-state index contributed by atoms with van der Waals surface area (Å²) < 4.78 is 6.47. The molecule has 0 heterocycles. The topological polar surface area (TPSA) is 50.7 Å². The van der Waals surface area contributed by atoms with E-state index in [1.165, 1.54) is 5.56 Å². The van der Waals surface area contributed by atoms with Gasteiger partial charge in [-0.3, -0.25) is 4.79 Å². The third-order valence-corrected chi connectivity index (χ3v) is 5.80. The zero-order chi connectivity index (χ0) is 21.8. The average molecular weight is 475 g/mol. The molecule has 0 aliphatic rings. The van der Waals surface area contributed by atoms with E-state index in [1.807, 2.05) is 42.5 Å². The van der Waals surface area contributed by atoms with Crippen LogP contribution in [0.2, 0.25) is 0 Å². The molecule has 4 nitrogen and oxygen atoms in total. The van der Waals surface area contributed by atoms with E-state index in [9.17, 15) is 4.79 Å². The fraction of sp³-hybridized carbons (Fsp3) is 0.154. The summed E-state index contributed by atoms with van der Waals surface area (Å²) in [5.41, 5.74) is 4.75. The fourth-order valence-corrected chi connectivity index (χ4v) is 4.04. The molecule has 0 unspecified atom stereocenters. The van der Waals surface area contributed by atoms with Gasteiger partial charge in [-0.05, 0) is 67.2 Å². The Hall–Kier alpha value is -3.18. The average Bonchev–Trinajstić information content (AvgIpc) is 2.77. The van der Waals surface area contributed by atoms with E-state index in [2.05, 4.69) is 70.6 Å². The van der Waals surface area contributed by atoms with Crippen LogP contribution in [-0.2, 0) is 4.79 Å². The SMILES string of the molecule is CC(C)c1ccc(OCC(=O)N/N=C/c2c3ccccc3cc3ccccc23)c(Br)c1. The highest BCUT2D eigenvalue weighted by atomic mass is 79.9. The monoisotopic (exact) mass is 474 g/mol. The van der Waals surface area contributed by atoms with Gasteiger partial charge in [0.15, 0.2) is 6.61 Å². The first-order valence-electron chi connectivity index (χ1n) is 10.2. The predicted octanol–water partition coefficient (Wildman–Crippen LogP) is 6.41. The summed E-state index contributed by atoms with van der Waals surface area (Å²) >= 11 is 3.51. The molecule has 1 amide bonds. The predicted molar refractivity (Wildman–Crippen MR) is 131 cm³/mol. The first-order chi connectivity index (χ1) is 15.0. The van der Waals surface area contributed by atoms with Crippen molar-refractivity contribution >= 4 is 49.6 Å². The molecule has 0 saturated carbocycles. The minimum Gasteiger partial charge on any atom is -0.483 e. The van der Waals surface area contributed by atoms with E-state index < -0.39 is 0 Å². The standard InChI is InChI=1S/C26H23BrN2O2/c1-17(2)18-11-12-25(24(27)14-18)31-16-26(30)29-28-15-23-21-9-5-3-7-19(21)13-20-8-4-6-10-22(20)23/h3-15,17H,16H2,1-2H3,(H,29,30)/b28-15+. The first kappa shape index (κ1) is 21.1. The number of hydrazone groups is 1. The molecule has 0 aromatic heterocycles. The van der Waals surface area contributed by atoms with Crippen molar-refractivity contribution in [2.24, 2.45) is 5.10 Å². The molecule has 5 heteroatoms. The van der Waals surface area contributed by atoms with Crippen LogP contribution in [0.15, 0.2) is 82.4 Å². The van der Waals surface area contributed by atoms with E-state index in [4.69, 9.17) is 4.74 Å².